The number of halogens is 1. The smallest absolute Gasteiger partial charge is 0.276 e. The number of carbonyl (C=O) groups is 2. The van der Waals surface area contributed by atoms with E-state index < -0.39 is 0 Å². The van der Waals surface area contributed by atoms with Crippen LogP contribution in [0.15, 0.2) is 28.7 Å². The van der Waals surface area contributed by atoms with Gasteiger partial charge in [0.1, 0.15) is 0 Å². The first-order chi connectivity index (χ1) is 10.8. The zero-order chi connectivity index (χ0) is 17.1. The number of rotatable bonds is 4. The van der Waals surface area contributed by atoms with E-state index in [2.05, 4.69) is 26.3 Å². The average molecular weight is 379 g/mol. The van der Waals surface area contributed by atoms with Gasteiger partial charge in [0.15, 0.2) is 5.69 Å². The van der Waals surface area contributed by atoms with Gasteiger partial charge in [-0.05, 0) is 24.6 Å². The Bertz CT molecular complexity index is 735. The number of anilines is 1. The van der Waals surface area contributed by atoms with E-state index in [0.29, 0.717) is 5.69 Å². The van der Waals surface area contributed by atoms with E-state index >= 15 is 0 Å². The SMILES string of the molecule is Cc1c(NC(=O)Cc2ccc(Br)cc2)c(C(=O)N(C)C)nn1C. The Morgan fingerprint density at radius 1 is 1.26 bits per heavy atom. The molecule has 2 amide bonds. The van der Waals surface area contributed by atoms with Crippen LogP contribution in [0.1, 0.15) is 21.7 Å². The predicted octanol–water partition coefficient (Wildman–Crippen LogP) is 2.37. The first-order valence-corrected chi connectivity index (χ1v) is 7.88. The third-order valence-electron chi connectivity index (χ3n) is 3.49. The third-order valence-corrected chi connectivity index (χ3v) is 4.01. The van der Waals surface area contributed by atoms with Crippen LogP contribution in [0.25, 0.3) is 0 Å². The highest BCUT2D eigenvalue weighted by Gasteiger charge is 2.22. The highest BCUT2D eigenvalue weighted by molar-refractivity contribution is 9.10. The number of aryl methyl sites for hydroxylation is 1. The van der Waals surface area contributed by atoms with Gasteiger partial charge < -0.3 is 10.2 Å². The fraction of sp³-hybridized carbons (Fsp3) is 0.312. The van der Waals surface area contributed by atoms with E-state index in [4.69, 9.17) is 0 Å². The Morgan fingerprint density at radius 3 is 2.43 bits per heavy atom. The van der Waals surface area contributed by atoms with Crippen molar-refractivity contribution in [3.05, 3.63) is 45.7 Å². The van der Waals surface area contributed by atoms with Crippen LogP contribution in [-0.2, 0) is 18.3 Å². The minimum atomic E-state index is -0.243. The summed E-state index contributed by atoms with van der Waals surface area (Å²) >= 11 is 3.36. The summed E-state index contributed by atoms with van der Waals surface area (Å²) in [4.78, 5) is 25.9. The van der Waals surface area contributed by atoms with Gasteiger partial charge in [-0.3, -0.25) is 14.3 Å². The molecule has 0 bridgehead atoms. The molecule has 7 heteroatoms. The maximum Gasteiger partial charge on any atom is 0.276 e. The molecule has 0 saturated heterocycles. The molecule has 122 valence electrons. The van der Waals surface area contributed by atoms with E-state index in [1.165, 1.54) is 4.90 Å². The van der Waals surface area contributed by atoms with E-state index in [9.17, 15) is 9.59 Å². The summed E-state index contributed by atoms with van der Waals surface area (Å²) in [6.45, 7) is 1.81. The molecule has 6 nitrogen and oxygen atoms in total. The second-order valence-electron chi connectivity index (χ2n) is 5.48. The lowest BCUT2D eigenvalue weighted by Crippen LogP contribution is -2.24. The van der Waals surface area contributed by atoms with Crippen molar-refractivity contribution >= 4 is 33.4 Å². The summed E-state index contributed by atoms with van der Waals surface area (Å²) in [6, 6.07) is 7.54. The fourth-order valence-corrected chi connectivity index (χ4v) is 2.35. The zero-order valence-electron chi connectivity index (χ0n) is 13.6. The molecular formula is C16H19BrN4O2. The number of nitrogens with zero attached hydrogens (tertiary/aromatic N) is 3. The first-order valence-electron chi connectivity index (χ1n) is 7.09. The summed E-state index contributed by atoms with van der Waals surface area (Å²) in [5.74, 6) is -0.427. The highest BCUT2D eigenvalue weighted by atomic mass is 79.9. The predicted molar refractivity (Wildman–Crippen MR) is 92.4 cm³/mol. The third kappa shape index (κ3) is 3.98. The van der Waals surface area contributed by atoms with Crippen LogP contribution in [0.3, 0.4) is 0 Å². The maximum atomic E-state index is 12.3. The first kappa shape index (κ1) is 17.2. The molecule has 0 radical (unpaired) electrons. The number of carbonyl (C=O) groups excluding carboxylic acids is 2. The second-order valence-corrected chi connectivity index (χ2v) is 6.40. The molecule has 0 atom stereocenters. The fourth-order valence-electron chi connectivity index (χ4n) is 2.09. The van der Waals surface area contributed by atoms with Gasteiger partial charge in [-0.25, -0.2) is 0 Å². The molecule has 1 aromatic carbocycles. The Hall–Kier alpha value is -2.15. The average Bonchev–Trinajstić information content (AvgIpc) is 2.77. The van der Waals surface area contributed by atoms with Crippen LogP contribution in [0, 0.1) is 6.92 Å². The Kier molecular flexibility index (Phi) is 5.20. The summed E-state index contributed by atoms with van der Waals surface area (Å²) in [6.07, 6.45) is 0.233. The van der Waals surface area contributed by atoms with Gasteiger partial charge in [-0.15, -0.1) is 0 Å². The van der Waals surface area contributed by atoms with Crippen LogP contribution in [0.2, 0.25) is 0 Å². The van der Waals surface area contributed by atoms with E-state index in [1.807, 2.05) is 31.2 Å². The lowest BCUT2D eigenvalue weighted by atomic mass is 10.1. The van der Waals surface area contributed by atoms with Crippen molar-refractivity contribution in [2.45, 2.75) is 13.3 Å². The highest BCUT2D eigenvalue weighted by Crippen LogP contribution is 2.21. The van der Waals surface area contributed by atoms with Crippen LogP contribution in [0.4, 0.5) is 5.69 Å². The number of benzene rings is 1. The summed E-state index contributed by atoms with van der Waals surface area (Å²) in [7, 11) is 5.05. The summed E-state index contributed by atoms with van der Waals surface area (Å²) < 4.78 is 2.55. The summed E-state index contributed by atoms with van der Waals surface area (Å²) in [5.41, 5.74) is 2.35. The molecule has 1 heterocycles. The normalized spacial score (nSPS) is 10.5. The van der Waals surface area contributed by atoms with Crippen LogP contribution in [0.5, 0.6) is 0 Å². The lowest BCUT2D eigenvalue weighted by molar-refractivity contribution is -0.115. The van der Waals surface area contributed by atoms with Crippen LogP contribution in [-0.4, -0.2) is 40.6 Å². The molecule has 0 saturated carbocycles. The van der Waals surface area contributed by atoms with Gasteiger partial charge in [-0.1, -0.05) is 28.1 Å². The van der Waals surface area contributed by atoms with Crippen molar-refractivity contribution in [3.63, 3.8) is 0 Å². The molecule has 0 fully saturated rings. The maximum absolute atomic E-state index is 12.3. The largest absolute Gasteiger partial charge is 0.343 e. The molecule has 0 aliphatic rings. The molecular weight excluding hydrogens is 360 g/mol. The second kappa shape index (κ2) is 6.95. The Balaban J connectivity index is 2.20. The molecule has 2 rings (SSSR count). The van der Waals surface area contributed by atoms with Crippen LogP contribution >= 0.6 is 15.9 Å². The number of hydrogen-bond donors (Lipinski definition) is 1. The standard InChI is InChI=1S/C16H19BrN4O2/c1-10-14(15(19-21(10)4)16(23)20(2)3)18-13(22)9-11-5-7-12(17)8-6-11/h5-8H,9H2,1-4H3,(H,18,22). The monoisotopic (exact) mass is 378 g/mol. The minimum Gasteiger partial charge on any atom is -0.343 e. The Morgan fingerprint density at radius 2 is 1.87 bits per heavy atom. The molecule has 0 aliphatic heterocycles. The van der Waals surface area contributed by atoms with E-state index in [-0.39, 0.29) is 23.9 Å². The number of nitrogens with one attached hydrogen (secondary N) is 1. The Labute approximate surface area is 143 Å². The van der Waals surface area contributed by atoms with Gasteiger partial charge >= 0.3 is 0 Å². The number of aromatic nitrogens is 2. The van der Waals surface area contributed by atoms with Crippen molar-refractivity contribution in [2.24, 2.45) is 7.05 Å². The minimum absolute atomic E-state index is 0.184. The molecule has 2 aromatic rings. The van der Waals surface area contributed by atoms with Gasteiger partial charge in [0.05, 0.1) is 17.8 Å². The van der Waals surface area contributed by atoms with Crippen LogP contribution < -0.4 is 5.32 Å². The number of hydrogen-bond acceptors (Lipinski definition) is 3. The van der Waals surface area contributed by atoms with Crippen molar-refractivity contribution in [3.8, 4) is 0 Å². The van der Waals surface area contributed by atoms with Crippen molar-refractivity contribution < 1.29 is 9.59 Å². The van der Waals surface area contributed by atoms with Crippen molar-refractivity contribution in [1.82, 2.24) is 14.7 Å². The summed E-state index contributed by atoms with van der Waals surface area (Å²) in [5, 5.41) is 7.02. The molecule has 1 N–H and O–H groups in total. The van der Waals surface area contributed by atoms with Crippen molar-refractivity contribution in [2.75, 3.05) is 19.4 Å². The van der Waals surface area contributed by atoms with Gasteiger partial charge in [0.25, 0.3) is 5.91 Å². The van der Waals surface area contributed by atoms with E-state index in [1.54, 1.807) is 25.8 Å². The molecule has 1 aromatic heterocycles. The van der Waals surface area contributed by atoms with Crippen molar-refractivity contribution in [1.29, 1.82) is 0 Å². The van der Waals surface area contributed by atoms with Gasteiger partial charge in [-0.2, -0.15) is 5.10 Å². The molecule has 0 unspecified atom stereocenters. The molecule has 0 spiro atoms. The van der Waals surface area contributed by atoms with Gasteiger partial charge in [0, 0.05) is 25.6 Å². The van der Waals surface area contributed by atoms with Gasteiger partial charge in [0.2, 0.25) is 5.91 Å². The quantitative estimate of drug-likeness (QED) is 0.887. The molecule has 0 aliphatic carbocycles. The van der Waals surface area contributed by atoms with E-state index in [0.717, 1.165) is 15.7 Å². The lowest BCUT2D eigenvalue weighted by Gasteiger charge is -2.11. The zero-order valence-corrected chi connectivity index (χ0v) is 15.1. The number of amides is 2. The topological polar surface area (TPSA) is 67.2 Å². The molecule has 23 heavy (non-hydrogen) atoms.